The van der Waals surface area contributed by atoms with Crippen LogP contribution in [-0.4, -0.2) is 12.4 Å². The van der Waals surface area contributed by atoms with Gasteiger partial charge in [-0.3, -0.25) is 4.79 Å². The summed E-state index contributed by atoms with van der Waals surface area (Å²) in [7, 11) is 0. The highest BCUT2D eigenvalue weighted by Crippen LogP contribution is 2.32. The molecule has 3 nitrogen and oxygen atoms in total. The SMILES string of the molecule is C[C@@H]1Oc2ccc(OCc3ccccc3)cc2C=C1C=O. The van der Waals surface area contributed by atoms with E-state index in [-0.39, 0.29) is 6.10 Å². The van der Waals surface area contributed by atoms with Gasteiger partial charge in [0.15, 0.2) is 0 Å². The van der Waals surface area contributed by atoms with Crippen molar-refractivity contribution < 1.29 is 14.3 Å². The summed E-state index contributed by atoms with van der Waals surface area (Å²) in [5, 5.41) is 0. The Morgan fingerprint density at radius 3 is 2.76 bits per heavy atom. The van der Waals surface area contributed by atoms with Gasteiger partial charge in [0, 0.05) is 11.1 Å². The van der Waals surface area contributed by atoms with Crippen molar-refractivity contribution in [3.8, 4) is 11.5 Å². The first-order chi connectivity index (χ1) is 10.3. The molecule has 0 radical (unpaired) electrons. The molecule has 1 aliphatic heterocycles. The molecule has 3 rings (SSSR count). The number of fused-ring (bicyclic) bond motifs is 1. The highest BCUT2D eigenvalue weighted by molar-refractivity contribution is 5.85. The predicted molar refractivity (Wildman–Crippen MR) is 81.3 cm³/mol. The molecule has 0 bridgehead atoms. The van der Waals surface area contributed by atoms with Crippen LogP contribution < -0.4 is 9.47 Å². The van der Waals surface area contributed by atoms with Crippen molar-refractivity contribution in [1.29, 1.82) is 0 Å². The van der Waals surface area contributed by atoms with Gasteiger partial charge in [0.25, 0.3) is 0 Å². The third-order valence-electron chi connectivity index (χ3n) is 3.46. The van der Waals surface area contributed by atoms with Crippen LogP contribution in [0.4, 0.5) is 0 Å². The number of benzene rings is 2. The fourth-order valence-electron chi connectivity index (χ4n) is 2.26. The monoisotopic (exact) mass is 280 g/mol. The third kappa shape index (κ3) is 2.97. The maximum atomic E-state index is 11.0. The largest absolute Gasteiger partial charge is 0.489 e. The van der Waals surface area contributed by atoms with Crippen LogP contribution in [0.2, 0.25) is 0 Å². The Morgan fingerprint density at radius 2 is 2.00 bits per heavy atom. The molecule has 0 aliphatic carbocycles. The Kier molecular flexibility index (Phi) is 3.73. The Bertz CT molecular complexity index is 674. The zero-order chi connectivity index (χ0) is 14.7. The molecule has 21 heavy (non-hydrogen) atoms. The topological polar surface area (TPSA) is 35.5 Å². The molecule has 0 saturated carbocycles. The molecule has 0 N–H and O–H groups in total. The van der Waals surface area contributed by atoms with Crippen molar-refractivity contribution >= 4 is 12.4 Å². The number of hydrogen-bond acceptors (Lipinski definition) is 3. The van der Waals surface area contributed by atoms with Crippen LogP contribution in [0.25, 0.3) is 6.08 Å². The third-order valence-corrected chi connectivity index (χ3v) is 3.46. The first-order valence-electron chi connectivity index (χ1n) is 6.90. The number of carbonyl (C=O) groups excluding carboxylic acids is 1. The average molecular weight is 280 g/mol. The zero-order valence-corrected chi connectivity index (χ0v) is 11.8. The molecule has 1 heterocycles. The maximum absolute atomic E-state index is 11.0. The van der Waals surface area contributed by atoms with E-state index in [0.717, 1.165) is 28.9 Å². The predicted octanol–water partition coefficient (Wildman–Crippen LogP) is 3.63. The number of hydrogen-bond donors (Lipinski definition) is 0. The van der Waals surface area contributed by atoms with Gasteiger partial charge in [0.2, 0.25) is 0 Å². The van der Waals surface area contributed by atoms with E-state index < -0.39 is 0 Å². The fourth-order valence-corrected chi connectivity index (χ4v) is 2.26. The van der Waals surface area contributed by atoms with Crippen molar-refractivity contribution in [3.63, 3.8) is 0 Å². The smallest absolute Gasteiger partial charge is 0.149 e. The number of aldehydes is 1. The van der Waals surface area contributed by atoms with Gasteiger partial charge < -0.3 is 9.47 Å². The molecule has 0 fully saturated rings. The van der Waals surface area contributed by atoms with Crippen molar-refractivity contribution in [2.75, 3.05) is 0 Å². The molecule has 106 valence electrons. The number of rotatable bonds is 4. The van der Waals surface area contributed by atoms with E-state index >= 15 is 0 Å². The summed E-state index contributed by atoms with van der Waals surface area (Å²) in [5.74, 6) is 1.54. The summed E-state index contributed by atoms with van der Waals surface area (Å²) in [4.78, 5) is 11.0. The van der Waals surface area contributed by atoms with E-state index in [1.807, 2.05) is 61.5 Å². The van der Waals surface area contributed by atoms with E-state index in [1.165, 1.54) is 0 Å². The van der Waals surface area contributed by atoms with Gasteiger partial charge in [-0.1, -0.05) is 30.3 Å². The molecule has 0 aromatic heterocycles. The minimum atomic E-state index is -0.203. The molecule has 1 atom stereocenters. The van der Waals surface area contributed by atoms with Crippen LogP contribution in [0.3, 0.4) is 0 Å². The number of carbonyl (C=O) groups is 1. The molecular weight excluding hydrogens is 264 g/mol. The maximum Gasteiger partial charge on any atom is 0.149 e. The zero-order valence-electron chi connectivity index (χ0n) is 11.8. The molecule has 3 heteroatoms. The van der Waals surface area contributed by atoms with Gasteiger partial charge >= 0.3 is 0 Å². The van der Waals surface area contributed by atoms with Gasteiger partial charge in [-0.05, 0) is 36.8 Å². The molecule has 2 aromatic carbocycles. The van der Waals surface area contributed by atoms with Crippen LogP contribution in [-0.2, 0) is 11.4 Å². The van der Waals surface area contributed by atoms with Crippen LogP contribution in [0, 0.1) is 0 Å². The summed E-state index contributed by atoms with van der Waals surface area (Å²) in [6, 6.07) is 15.7. The summed E-state index contributed by atoms with van der Waals surface area (Å²) in [6.07, 6.45) is 2.49. The average Bonchev–Trinajstić information content (AvgIpc) is 2.53. The minimum absolute atomic E-state index is 0.203. The summed E-state index contributed by atoms with van der Waals surface area (Å²) in [5.41, 5.74) is 2.63. The second kappa shape index (κ2) is 5.83. The Labute approximate surface area is 123 Å². The van der Waals surface area contributed by atoms with E-state index in [1.54, 1.807) is 0 Å². The van der Waals surface area contributed by atoms with E-state index in [2.05, 4.69) is 0 Å². The molecule has 1 aliphatic rings. The Hall–Kier alpha value is -2.55. The van der Waals surface area contributed by atoms with Crippen LogP contribution in [0.5, 0.6) is 11.5 Å². The lowest BCUT2D eigenvalue weighted by Crippen LogP contribution is -2.19. The van der Waals surface area contributed by atoms with Crippen LogP contribution >= 0.6 is 0 Å². The quantitative estimate of drug-likeness (QED) is 0.802. The second-order valence-electron chi connectivity index (χ2n) is 5.00. The normalized spacial score (nSPS) is 16.4. The van der Waals surface area contributed by atoms with Gasteiger partial charge in [-0.15, -0.1) is 0 Å². The Balaban J connectivity index is 1.78. The fraction of sp³-hybridized carbons (Fsp3) is 0.167. The lowest BCUT2D eigenvalue weighted by atomic mass is 10.0. The molecule has 0 amide bonds. The molecule has 2 aromatic rings. The molecule has 0 spiro atoms. The van der Waals surface area contributed by atoms with Crippen LogP contribution in [0.15, 0.2) is 54.1 Å². The van der Waals surface area contributed by atoms with E-state index in [9.17, 15) is 4.79 Å². The highest BCUT2D eigenvalue weighted by atomic mass is 16.5. The van der Waals surface area contributed by atoms with Crippen molar-refractivity contribution in [1.82, 2.24) is 0 Å². The first-order valence-corrected chi connectivity index (χ1v) is 6.90. The van der Waals surface area contributed by atoms with Crippen molar-refractivity contribution in [2.45, 2.75) is 19.6 Å². The second-order valence-corrected chi connectivity index (χ2v) is 5.00. The standard InChI is InChI=1S/C18H16O3/c1-13-16(11-19)9-15-10-17(7-8-18(15)21-13)20-12-14-5-3-2-4-6-14/h2-11,13H,12H2,1H3/t13-/m0/s1. The summed E-state index contributed by atoms with van der Waals surface area (Å²) >= 11 is 0. The van der Waals surface area contributed by atoms with E-state index in [0.29, 0.717) is 12.2 Å². The molecule has 0 saturated heterocycles. The molecular formula is C18H16O3. The molecule has 0 unspecified atom stereocenters. The lowest BCUT2D eigenvalue weighted by molar-refractivity contribution is -0.105. The van der Waals surface area contributed by atoms with Gasteiger partial charge in [0.05, 0.1) is 0 Å². The van der Waals surface area contributed by atoms with Crippen LogP contribution in [0.1, 0.15) is 18.1 Å². The highest BCUT2D eigenvalue weighted by Gasteiger charge is 2.18. The van der Waals surface area contributed by atoms with Gasteiger partial charge in [-0.25, -0.2) is 0 Å². The summed E-state index contributed by atoms with van der Waals surface area (Å²) < 4.78 is 11.5. The Morgan fingerprint density at radius 1 is 1.19 bits per heavy atom. The number of ether oxygens (including phenoxy) is 2. The van der Waals surface area contributed by atoms with Gasteiger partial charge in [0.1, 0.15) is 30.5 Å². The first kappa shape index (κ1) is 13.4. The minimum Gasteiger partial charge on any atom is -0.489 e. The van der Waals surface area contributed by atoms with Gasteiger partial charge in [-0.2, -0.15) is 0 Å². The van der Waals surface area contributed by atoms with Crippen molar-refractivity contribution in [2.24, 2.45) is 0 Å². The summed E-state index contributed by atoms with van der Waals surface area (Å²) in [6.45, 7) is 2.38. The lowest BCUT2D eigenvalue weighted by Gasteiger charge is -2.22. The van der Waals surface area contributed by atoms with Crippen molar-refractivity contribution in [3.05, 3.63) is 65.2 Å². The van der Waals surface area contributed by atoms with E-state index in [4.69, 9.17) is 9.47 Å².